The van der Waals surface area contributed by atoms with Crippen LogP contribution < -0.4 is 5.32 Å². The Labute approximate surface area is 170 Å². The van der Waals surface area contributed by atoms with E-state index in [0.29, 0.717) is 25.6 Å². The smallest absolute Gasteiger partial charge is 0.194 e. The zero-order chi connectivity index (χ0) is 18.2. The fourth-order valence-corrected chi connectivity index (χ4v) is 2.42. The molecule has 0 radical (unpaired) electrons. The molecule has 142 valence electrons. The van der Waals surface area contributed by atoms with Crippen molar-refractivity contribution in [3.63, 3.8) is 0 Å². The highest BCUT2D eigenvalue weighted by atomic mass is 127. The summed E-state index contributed by atoms with van der Waals surface area (Å²) in [6.07, 6.45) is 0. The first-order valence-electron chi connectivity index (χ1n) is 8.15. The normalized spacial score (nSPS) is 11.0. The number of hydrogen-bond donors (Lipinski definition) is 2. The molecule has 4 nitrogen and oxygen atoms in total. The monoisotopic (exact) mass is 475 g/mol. The summed E-state index contributed by atoms with van der Waals surface area (Å²) >= 11 is 0. The molecule has 2 aromatic rings. The first kappa shape index (κ1) is 22.3. The van der Waals surface area contributed by atoms with E-state index in [2.05, 4.69) is 10.3 Å². The molecule has 2 N–H and O–H groups in total. The third kappa shape index (κ3) is 6.53. The second kappa shape index (κ2) is 11.1. The predicted octanol–water partition coefficient (Wildman–Crippen LogP) is 3.67. The van der Waals surface area contributed by atoms with Gasteiger partial charge in [0.05, 0.1) is 13.2 Å². The lowest BCUT2D eigenvalue weighted by molar-refractivity contribution is 0.275. The fraction of sp³-hybridized carbons (Fsp3) is 0.316. The highest BCUT2D eigenvalue weighted by Crippen LogP contribution is 2.12. The minimum absolute atomic E-state index is 0. The molecule has 2 aromatic carbocycles. The standard InChI is InChI=1S/C19H23F2N3O.HI/c1-3-22-19(24(2)12-14-4-7-17(20)8-5-14)23-11-15-6-9-18(21)16(10-15)13-25;/h4-10,25H,3,11-13H2,1-2H3,(H,22,23);1H. The van der Waals surface area contributed by atoms with E-state index < -0.39 is 5.82 Å². The van der Waals surface area contributed by atoms with Gasteiger partial charge in [0.15, 0.2) is 5.96 Å². The molecular formula is C19H24F2IN3O. The van der Waals surface area contributed by atoms with Crippen molar-refractivity contribution in [3.05, 3.63) is 70.8 Å². The molecule has 0 saturated heterocycles. The molecule has 0 saturated carbocycles. The van der Waals surface area contributed by atoms with E-state index in [0.717, 1.165) is 11.1 Å². The lowest BCUT2D eigenvalue weighted by Gasteiger charge is -2.22. The molecule has 2 rings (SSSR count). The Morgan fingerprint density at radius 1 is 1.12 bits per heavy atom. The largest absolute Gasteiger partial charge is 0.392 e. The quantitative estimate of drug-likeness (QED) is 0.381. The van der Waals surface area contributed by atoms with Gasteiger partial charge in [0, 0.05) is 25.7 Å². The number of guanidine groups is 1. The van der Waals surface area contributed by atoms with Gasteiger partial charge in [-0.1, -0.05) is 18.2 Å². The molecule has 0 aliphatic rings. The van der Waals surface area contributed by atoms with Crippen LogP contribution >= 0.6 is 24.0 Å². The van der Waals surface area contributed by atoms with Crippen molar-refractivity contribution in [2.45, 2.75) is 26.6 Å². The van der Waals surface area contributed by atoms with E-state index in [1.54, 1.807) is 24.3 Å². The van der Waals surface area contributed by atoms with Gasteiger partial charge in [0.1, 0.15) is 11.6 Å². The van der Waals surface area contributed by atoms with Crippen LogP contribution in [0.15, 0.2) is 47.5 Å². The summed E-state index contributed by atoms with van der Waals surface area (Å²) in [5.74, 6) is 0.0141. The second-order valence-electron chi connectivity index (χ2n) is 5.74. The first-order valence-corrected chi connectivity index (χ1v) is 8.15. The summed E-state index contributed by atoms with van der Waals surface area (Å²) in [5, 5.41) is 12.4. The Kier molecular flexibility index (Phi) is 9.50. The summed E-state index contributed by atoms with van der Waals surface area (Å²) in [5.41, 5.74) is 2.05. The molecule has 0 aromatic heterocycles. The van der Waals surface area contributed by atoms with Crippen LogP contribution in [0.3, 0.4) is 0 Å². The second-order valence-corrected chi connectivity index (χ2v) is 5.74. The van der Waals surface area contributed by atoms with E-state index in [9.17, 15) is 8.78 Å². The Hall–Kier alpha value is -1.74. The first-order chi connectivity index (χ1) is 12.0. The summed E-state index contributed by atoms with van der Waals surface area (Å²) in [4.78, 5) is 6.49. The molecule has 0 aliphatic carbocycles. The number of benzene rings is 2. The Bertz CT molecular complexity index is 723. The lowest BCUT2D eigenvalue weighted by Crippen LogP contribution is -2.38. The Morgan fingerprint density at radius 3 is 2.38 bits per heavy atom. The lowest BCUT2D eigenvalue weighted by atomic mass is 10.1. The number of nitrogens with zero attached hydrogens (tertiary/aromatic N) is 2. The number of nitrogens with one attached hydrogen (secondary N) is 1. The van der Waals surface area contributed by atoms with Crippen LogP contribution in [0.25, 0.3) is 0 Å². The van der Waals surface area contributed by atoms with E-state index in [4.69, 9.17) is 5.11 Å². The highest BCUT2D eigenvalue weighted by molar-refractivity contribution is 14.0. The number of halogens is 3. The topological polar surface area (TPSA) is 47.9 Å². The van der Waals surface area contributed by atoms with Crippen molar-refractivity contribution in [1.29, 1.82) is 0 Å². The third-order valence-corrected chi connectivity index (χ3v) is 3.72. The van der Waals surface area contributed by atoms with Crippen LogP contribution in [-0.4, -0.2) is 29.6 Å². The zero-order valence-corrected chi connectivity index (χ0v) is 17.2. The molecule has 0 spiro atoms. The number of aliphatic hydroxyl groups excluding tert-OH is 1. The van der Waals surface area contributed by atoms with E-state index in [1.807, 2.05) is 18.9 Å². The van der Waals surface area contributed by atoms with Crippen molar-refractivity contribution in [2.24, 2.45) is 4.99 Å². The minimum Gasteiger partial charge on any atom is -0.392 e. The van der Waals surface area contributed by atoms with Crippen LogP contribution in [0.5, 0.6) is 0 Å². The van der Waals surface area contributed by atoms with Gasteiger partial charge in [-0.3, -0.25) is 0 Å². The summed E-state index contributed by atoms with van der Waals surface area (Å²) in [7, 11) is 1.90. The molecule has 7 heteroatoms. The molecule has 0 fully saturated rings. The molecule has 0 unspecified atom stereocenters. The van der Waals surface area contributed by atoms with Crippen LogP contribution in [0.1, 0.15) is 23.6 Å². The molecule has 26 heavy (non-hydrogen) atoms. The van der Waals surface area contributed by atoms with Crippen LogP contribution in [-0.2, 0) is 19.7 Å². The number of hydrogen-bond acceptors (Lipinski definition) is 2. The summed E-state index contributed by atoms with van der Waals surface area (Å²) < 4.78 is 26.5. The minimum atomic E-state index is -0.421. The maximum Gasteiger partial charge on any atom is 0.194 e. The SMILES string of the molecule is CCNC(=NCc1ccc(F)c(CO)c1)N(C)Cc1ccc(F)cc1.I. The van der Waals surface area contributed by atoms with Crippen molar-refractivity contribution in [2.75, 3.05) is 13.6 Å². The molecule has 0 amide bonds. The van der Waals surface area contributed by atoms with Gasteiger partial charge < -0.3 is 15.3 Å². The number of rotatable bonds is 6. The van der Waals surface area contributed by atoms with Gasteiger partial charge in [-0.05, 0) is 42.3 Å². The van der Waals surface area contributed by atoms with Gasteiger partial charge in [-0.2, -0.15) is 0 Å². The van der Waals surface area contributed by atoms with Gasteiger partial charge in [0.2, 0.25) is 0 Å². The average molecular weight is 475 g/mol. The number of aliphatic imine (C=N–C) groups is 1. The van der Waals surface area contributed by atoms with Gasteiger partial charge in [0.25, 0.3) is 0 Å². The molecule has 0 atom stereocenters. The zero-order valence-electron chi connectivity index (χ0n) is 14.9. The number of aliphatic hydroxyl groups is 1. The van der Waals surface area contributed by atoms with Crippen LogP contribution in [0, 0.1) is 11.6 Å². The average Bonchev–Trinajstić information content (AvgIpc) is 2.61. The summed E-state index contributed by atoms with van der Waals surface area (Å²) in [6, 6.07) is 11.0. The van der Waals surface area contributed by atoms with Crippen LogP contribution in [0.2, 0.25) is 0 Å². The van der Waals surface area contributed by atoms with E-state index in [1.165, 1.54) is 18.2 Å². The van der Waals surface area contributed by atoms with Crippen molar-refractivity contribution >= 4 is 29.9 Å². The molecule has 0 aliphatic heterocycles. The van der Waals surface area contributed by atoms with E-state index in [-0.39, 0.29) is 42.0 Å². The highest BCUT2D eigenvalue weighted by Gasteiger charge is 2.08. The van der Waals surface area contributed by atoms with Gasteiger partial charge in [-0.25, -0.2) is 13.8 Å². The fourth-order valence-electron chi connectivity index (χ4n) is 2.42. The predicted molar refractivity (Wildman–Crippen MR) is 110 cm³/mol. The van der Waals surface area contributed by atoms with E-state index >= 15 is 0 Å². The molecular weight excluding hydrogens is 451 g/mol. The molecule has 0 bridgehead atoms. The van der Waals surface area contributed by atoms with Crippen molar-refractivity contribution < 1.29 is 13.9 Å². The van der Waals surface area contributed by atoms with Gasteiger partial charge in [-0.15, -0.1) is 24.0 Å². The van der Waals surface area contributed by atoms with Crippen molar-refractivity contribution in [1.82, 2.24) is 10.2 Å². The maximum absolute atomic E-state index is 13.4. The Morgan fingerprint density at radius 2 is 1.77 bits per heavy atom. The Balaban J connectivity index is 0.00000338. The third-order valence-electron chi connectivity index (χ3n) is 3.72. The molecule has 0 heterocycles. The van der Waals surface area contributed by atoms with Crippen LogP contribution in [0.4, 0.5) is 8.78 Å². The summed E-state index contributed by atoms with van der Waals surface area (Å²) in [6.45, 7) is 3.29. The maximum atomic E-state index is 13.4. The van der Waals surface area contributed by atoms with Gasteiger partial charge >= 0.3 is 0 Å². The van der Waals surface area contributed by atoms with Crippen molar-refractivity contribution in [3.8, 4) is 0 Å².